The largest absolute Gasteiger partial charge is 0.505 e. The first-order valence-electron chi connectivity index (χ1n) is 7.25. The fourth-order valence-corrected chi connectivity index (χ4v) is 3.12. The number of piperazine rings is 2. The van der Waals surface area contributed by atoms with E-state index in [4.69, 9.17) is 0 Å². The number of hydrogen-bond donors (Lipinski definition) is 1. The van der Waals surface area contributed by atoms with E-state index >= 15 is 0 Å². The number of amides is 1. The number of hydrogen-bond acceptors (Lipinski definition) is 4. The number of rotatable bonds is 1. The second kappa shape index (κ2) is 5.61. The Morgan fingerprint density at radius 3 is 2.76 bits per heavy atom. The van der Waals surface area contributed by atoms with E-state index in [1.54, 1.807) is 4.90 Å². The number of aromatic hydroxyl groups is 1. The molecule has 3 rings (SSSR count). The van der Waals surface area contributed by atoms with Gasteiger partial charge in [0.1, 0.15) is 0 Å². The van der Waals surface area contributed by atoms with Gasteiger partial charge in [0.05, 0.1) is 0 Å². The molecule has 2 fully saturated rings. The van der Waals surface area contributed by atoms with Gasteiger partial charge in [-0.15, -0.1) is 0 Å². The molecule has 1 aromatic rings. The molecule has 2 heterocycles. The molecule has 1 atom stereocenters. The number of halogens is 1. The molecule has 2 saturated heterocycles. The Bertz CT molecular complexity index is 552. The second-order valence-corrected chi connectivity index (χ2v) is 5.87. The zero-order valence-corrected chi connectivity index (χ0v) is 12.1. The number of fused-ring (bicyclic) bond motifs is 1. The summed E-state index contributed by atoms with van der Waals surface area (Å²) in [6, 6.07) is 4.12. The fourth-order valence-electron chi connectivity index (χ4n) is 3.12. The molecule has 2 aliphatic rings. The van der Waals surface area contributed by atoms with E-state index in [1.165, 1.54) is 12.1 Å². The van der Waals surface area contributed by atoms with Crippen LogP contribution in [-0.2, 0) is 0 Å². The lowest BCUT2D eigenvalue weighted by molar-refractivity contribution is 0.0189. The van der Waals surface area contributed by atoms with Gasteiger partial charge in [0.15, 0.2) is 11.6 Å². The maximum atomic E-state index is 13.1. The summed E-state index contributed by atoms with van der Waals surface area (Å²) >= 11 is 0. The van der Waals surface area contributed by atoms with Crippen molar-refractivity contribution in [3.8, 4) is 5.75 Å². The molecule has 0 radical (unpaired) electrons. The molecule has 1 amide bonds. The van der Waals surface area contributed by atoms with Crippen LogP contribution in [0, 0.1) is 5.82 Å². The molecule has 2 aliphatic heterocycles. The topological polar surface area (TPSA) is 47.0 Å². The lowest BCUT2D eigenvalue weighted by Gasteiger charge is -2.46. The van der Waals surface area contributed by atoms with Crippen LogP contribution in [0.5, 0.6) is 5.75 Å². The van der Waals surface area contributed by atoms with E-state index in [2.05, 4.69) is 16.8 Å². The number of benzene rings is 1. The van der Waals surface area contributed by atoms with Crippen molar-refractivity contribution in [2.24, 2.45) is 0 Å². The Balaban J connectivity index is 1.72. The molecule has 6 heteroatoms. The first kappa shape index (κ1) is 14.3. The van der Waals surface area contributed by atoms with Crippen molar-refractivity contribution in [2.45, 2.75) is 6.04 Å². The van der Waals surface area contributed by atoms with Crippen molar-refractivity contribution in [3.63, 3.8) is 0 Å². The lowest BCUT2D eigenvalue weighted by atomic mass is 10.1. The van der Waals surface area contributed by atoms with Crippen LogP contribution in [0.2, 0.25) is 0 Å². The third kappa shape index (κ3) is 2.87. The van der Waals surface area contributed by atoms with Crippen LogP contribution in [0.1, 0.15) is 10.4 Å². The van der Waals surface area contributed by atoms with Crippen molar-refractivity contribution in [1.82, 2.24) is 14.7 Å². The third-order valence-corrected chi connectivity index (χ3v) is 4.38. The van der Waals surface area contributed by atoms with Gasteiger partial charge < -0.3 is 14.9 Å². The number of likely N-dealkylation sites (N-methyl/N-ethyl adjacent to an activating group) is 1. The molecular weight excluding hydrogens is 273 g/mol. The normalized spacial score (nSPS) is 23.9. The zero-order valence-electron chi connectivity index (χ0n) is 12.1. The lowest BCUT2D eigenvalue weighted by Crippen LogP contribution is -2.62. The van der Waals surface area contributed by atoms with Crippen molar-refractivity contribution in [1.29, 1.82) is 0 Å². The second-order valence-electron chi connectivity index (χ2n) is 5.87. The zero-order chi connectivity index (χ0) is 15.0. The molecule has 1 N–H and O–H groups in total. The predicted molar refractivity (Wildman–Crippen MR) is 76.8 cm³/mol. The molecule has 0 aliphatic carbocycles. The van der Waals surface area contributed by atoms with Crippen LogP contribution in [0.15, 0.2) is 18.2 Å². The fraction of sp³-hybridized carbons (Fsp3) is 0.533. The number of carbonyl (C=O) groups excluding carboxylic acids is 1. The molecule has 5 nitrogen and oxygen atoms in total. The summed E-state index contributed by atoms with van der Waals surface area (Å²) in [4.78, 5) is 19.0. The van der Waals surface area contributed by atoms with Crippen LogP contribution in [-0.4, -0.2) is 78.1 Å². The van der Waals surface area contributed by atoms with Crippen molar-refractivity contribution < 1.29 is 14.3 Å². The Hall–Kier alpha value is -1.66. The highest BCUT2D eigenvalue weighted by Gasteiger charge is 2.33. The summed E-state index contributed by atoms with van der Waals surface area (Å²) in [6.07, 6.45) is 0. The molecule has 0 bridgehead atoms. The smallest absolute Gasteiger partial charge is 0.254 e. The quantitative estimate of drug-likeness (QED) is 0.824. The van der Waals surface area contributed by atoms with Gasteiger partial charge >= 0.3 is 0 Å². The monoisotopic (exact) mass is 293 g/mol. The highest BCUT2D eigenvalue weighted by Crippen LogP contribution is 2.20. The standard InChI is InChI=1S/C15H20FN3O2/c1-17-4-5-18-6-7-19(10-12(18)9-17)15(21)11-2-3-13(16)14(20)8-11/h2-3,8,12,20H,4-7,9-10H2,1H3. The minimum Gasteiger partial charge on any atom is -0.505 e. The highest BCUT2D eigenvalue weighted by atomic mass is 19.1. The third-order valence-electron chi connectivity index (χ3n) is 4.38. The Morgan fingerprint density at radius 2 is 2.00 bits per heavy atom. The first-order chi connectivity index (χ1) is 10.0. The Kier molecular flexibility index (Phi) is 3.82. The summed E-state index contributed by atoms with van der Waals surface area (Å²) < 4.78 is 13.1. The summed E-state index contributed by atoms with van der Waals surface area (Å²) in [5, 5.41) is 9.41. The van der Waals surface area contributed by atoms with Gasteiger partial charge in [0, 0.05) is 50.9 Å². The van der Waals surface area contributed by atoms with Gasteiger partial charge in [-0.05, 0) is 25.2 Å². The Morgan fingerprint density at radius 1 is 1.24 bits per heavy atom. The van der Waals surface area contributed by atoms with Gasteiger partial charge in [0.2, 0.25) is 0 Å². The summed E-state index contributed by atoms with van der Waals surface area (Å²) in [5.74, 6) is -1.32. The first-order valence-corrected chi connectivity index (χ1v) is 7.25. The van der Waals surface area contributed by atoms with Crippen LogP contribution in [0.25, 0.3) is 0 Å². The summed E-state index contributed by atoms with van der Waals surface area (Å²) in [5.41, 5.74) is 0.339. The van der Waals surface area contributed by atoms with Gasteiger partial charge in [-0.1, -0.05) is 0 Å². The molecule has 1 aromatic carbocycles. The average molecular weight is 293 g/mol. The van der Waals surface area contributed by atoms with Gasteiger partial charge in [0.25, 0.3) is 5.91 Å². The van der Waals surface area contributed by atoms with E-state index in [0.717, 1.165) is 32.2 Å². The number of carbonyl (C=O) groups is 1. The Labute approximate surface area is 123 Å². The summed E-state index contributed by atoms with van der Waals surface area (Å²) in [7, 11) is 2.09. The van der Waals surface area contributed by atoms with E-state index in [-0.39, 0.29) is 5.91 Å². The van der Waals surface area contributed by atoms with Crippen LogP contribution < -0.4 is 0 Å². The van der Waals surface area contributed by atoms with Crippen molar-refractivity contribution >= 4 is 5.91 Å². The van der Waals surface area contributed by atoms with E-state index in [1.807, 2.05) is 0 Å². The molecule has 0 saturated carbocycles. The molecule has 0 spiro atoms. The number of phenolic OH excluding ortho intramolecular Hbond substituents is 1. The summed E-state index contributed by atoms with van der Waals surface area (Å²) in [6.45, 7) is 5.30. The van der Waals surface area contributed by atoms with E-state index in [9.17, 15) is 14.3 Å². The number of nitrogens with zero attached hydrogens (tertiary/aromatic N) is 3. The van der Waals surface area contributed by atoms with E-state index < -0.39 is 11.6 Å². The molecule has 114 valence electrons. The predicted octanol–water partition coefficient (Wildman–Crippen LogP) is 0.603. The molecule has 0 aromatic heterocycles. The molecular formula is C15H20FN3O2. The van der Waals surface area contributed by atoms with Crippen LogP contribution in [0.4, 0.5) is 4.39 Å². The molecule has 21 heavy (non-hydrogen) atoms. The minimum absolute atomic E-state index is 0.141. The number of phenols is 1. The molecule has 1 unspecified atom stereocenters. The van der Waals surface area contributed by atoms with Crippen LogP contribution >= 0.6 is 0 Å². The minimum atomic E-state index is -0.703. The van der Waals surface area contributed by atoms with Gasteiger partial charge in [-0.25, -0.2) is 4.39 Å². The van der Waals surface area contributed by atoms with Crippen molar-refractivity contribution in [3.05, 3.63) is 29.6 Å². The van der Waals surface area contributed by atoms with Crippen LogP contribution in [0.3, 0.4) is 0 Å². The van der Waals surface area contributed by atoms with E-state index in [0.29, 0.717) is 24.7 Å². The van der Waals surface area contributed by atoms with Gasteiger partial charge in [-0.3, -0.25) is 9.69 Å². The average Bonchev–Trinajstić information content (AvgIpc) is 2.48. The SMILES string of the molecule is CN1CCN2CCN(C(=O)c3ccc(F)c(O)c3)CC2C1. The maximum absolute atomic E-state index is 13.1. The van der Waals surface area contributed by atoms with Gasteiger partial charge in [-0.2, -0.15) is 0 Å². The maximum Gasteiger partial charge on any atom is 0.254 e. The van der Waals surface area contributed by atoms with Crippen molar-refractivity contribution in [2.75, 3.05) is 46.3 Å². The highest BCUT2D eigenvalue weighted by molar-refractivity contribution is 5.94.